The molecule has 0 atom stereocenters. The van der Waals surface area contributed by atoms with E-state index in [1.807, 2.05) is 25.1 Å². The highest BCUT2D eigenvalue weighted by Crippen LogP contribution is 2.20. The Morgan fingerprint density at radius 2 is 2.31 bits per heavy atom. The van der Waals surface area contributed by atoms with Crippen LogP contribution in [0.5, 0.6) is 0 Å². The van der Waals surface area contributed by atoms with Crippen LogP contribution in [0.25, 0.3) is 11.0 Å². The molecule has 0 saturated carbocycles. The summed E-state index contributed by atoms with van der Waals surface area (Å²) >= 11 is 0. The van der Waals surface area contributed by atoms with E-state index in [9.17, 15) is 4.79 Å². The monoisotopic (exact) mass is 219 g/mol. The van der Waals surface area contributed by atoms with Gasteiger partial charge < -0.3 is 15.4 Å². The van der Waals surface area contributed by atoms with Crippen molar-refractivity contribution in [1.82, 2.24) is 9.55 Å². The number of carbonyl (C=O) groups is 1. The third-order valence-electron chi connectivity index (χ3n) is 2.59. The first-order valence-corrected chi connectivity index (χ1v) is 5.10. The fraction of sp³-hybridized carbons (Fsp3) is 0.273. The zero-order chi connectivity index (χ0) is 11.7. The van der Waals surface area contributed by atoms with Gasteiger partial charge in [-0.3, -0.25) is 0 Å². The Hall–Kier alpha value is -1.88. The zero-order valence-corrected chi connectivity index (χ0v) is 8.97. The van der Waals surface area contributed by atoms with Crippen LogP contribution in [0.15, 0.2) is 18.2 Å². The molecule has 0 spiro atoms. The largest absolute Gasteiger partial charge is 0.475 e. The zero-order valence-electron chi connectivity index (χ0n) is 8.97. The lowest BCUT2D eigenvalue weighted by atomic mass is 10.2. The minimum Gasteiger partial charge on any atom is -0.475 e. The summed E-state index contributed by atoms with van der Waals surface area (Å²) in [4.78, 5) is 15.2. The fourth-order valence-corrected chi connectivity index (χ4v) is 1.85. The molecule has 1 heterocycles. The van der Waals surface area contributed by atoms with Gasteiger partial charge >= 0.3 is 5.97 Å². The molecule has 5 heteroatoms. The Morgan fingerprint density at radius 3 is 2.88 bits per heavy atom. The summed E-state index contributed by atoms with van der Waals surface area (Å²) in [6, 6.07) is 5.59. The van der Waals surface area contributed by atoms with Gasteiger partial charge in [0, 0.05) is 13.1 Å². The van der Waals surface area contributed by atoms with Crippen LogP contribution in [-0.4, -0.2) is 20.6 Å². The molecular formula is C11H13N3O2. The molecule has 84 valence electrons. The van der Waals surface area contributed by atoms with E-state index < -0.39 is 5.97 Å². The molecule has 16 heavy (non-hydrogen) atoms. The number of nitrogens with zero attached hydrogens (tertiary/aromatic N) is 2. The molecule has 0 fully saturated rings. The average Bonchev–Trinajstić information content (AvgIpc) is 2.67. The van der Waals surface area contributed by atoms with E-state index in [4.69, 9.17) is 10.8 Å². The third-order valence-corrected chi connectivity index (χ3v) is 2.59. The topological polar surface area (TPSA) is 81.1 Å². The number of aromatic nitrogens is 2. The summed E-state index contributed by atoms with van der Waals surface area (Å²) in [6.07, 6.45) is 0. The molecule has 2 aromatic rings. The number of carboxylic acid groups (broad SMARTS) is 1. The predicted molar refractivity (Wildman–Crippen MR) is 60.3 cm³/mol. The maximum absolute atomic E-state index is 11.0. The molecule has 0 amide bonds. The quantitative estimate of drug-likeness (QED) is 0.813. The fourth-order valence-electron chi connectivity index (χ4n) is 1.85. The second kappa shape index (κ2) is 3.94. The molecule has 1 aromatic heterocycles. The van der Waals surface area contributed by atoms with Crippen LogP contribution in [0.2, 0.25) is 0 Å². The van der Waals surface area contributed by atoms with Gasteiger partial charge in [-0.05, 0) is 18.6 Å². The van der Waals surface area contributed by atoms with Crippen molar-refractivity contribution in [1.29, 1.82) is 0 Å². The number of imidazole rings is 1. The molecule has 0 radical (unpaired) electrons. The number of hydrogen-bond acceptors (Lipinski definition) is 3. The summed E-state index contributed by atoms with van der Waals surface area (Å²) in [6.45, 7) is 2.83. The molecule has 1 aromatic carbocycles. The molecule has 0 bridgehead atoms. The summed E-state index contributed by atoms with van der Waals surface area (Å²) in [5, 5.41) is 9.05. The van der Waals surface area contributed by atoms with Crippen molar-refractivity contribution in [3.63, 3.8) is 0 Å². The minimum absolute atomic E-state index is 0.0680. The molecular weight excluding hydrogens is 206 g/mol. The van der Waals surface area contributed by atoms with Crippen molar-refractivity contribution in [2.45, 2.75) is 20.0 Å². The van der Waals surface area contributed by atoms with Gasteiger partial charge in [-0.25, -0.2) is 9.78 Å². The second-order valence-corrected chi connectivity index (χ2v) is 3.47. The Kier molecular flexibility index (Phi) is 2.62. The van der Waals surface area contributed by atoms with Crippen LogP contribution < -0.4 is 5.73 Å². The molecule has 0 aliphatic carbocycles. The highest BCUT2D eigenvalue weighted by molar-refractivity contribution is 5.90. The maximum Gasteiger partial charge on any atom is 0.372 e. The van der Waals surface area contributed by atoms with Crippen LogP contribution in [0.4, 0.5) is 0 Å². The number of benzene rings is 1. The van der Waals surface area contributed by atoms with E-state index in [0.717, 1.165) is 11.1 Å². The van der Waals surface area contributed by atoms with Gasteiger partial charge in [0.1, 0.15) is 0 Å². The average molecular weight is 219 g/mol. The smallest absolute Gasteiger partial charge is 0.372 e. The minimum atomic E-state index is -1.01. The number of para-hydroxylation sites is 1. The van der Waals surface area contributed by atoms with Gasteiger partial charge in [0.25, 0.3) is 0 Å². The molecule has 0 unspecified atom stereocenters. The SMILES string of the molecule is CCn1c(C(=O)O)nc2c(CN)cccc21. The summed E-state index contributed by atoms with van der Waals surface area (Å²) in [7, 11) is 0. The summed E-state index contributed by atoms with van der Waals surface area (Å²) in [5.41, 5.74) is 7.97. The third kappa shape index (κ3) is 1.45. The Balaban J connectivity index is 2.80. The Bertz CT molecular complexity index is 545. The standard InChI is InChI=1S/C11H13N3O2/c1-2-14-8-5-3-4-7(6-12)9(8)13-10(14)11(15)16/h3-5H,2,6,12H2,1H3,(H,15,16). The van der Waals surface area contributed by atoms with Crippen molar-refractivity contribution in [2.24, 2.45) is 5.73 Å². The first kappa shape index (κ1) is 10.6. The van der Waals surface area contributed by atoms with Gasteiger partial charge in [-0.1, -0.05) is 12.1 Å². The molecule has 0 aliphatic rings. The Morgan fingerprint density at radius 1 is 1.56 bits per heavy atom. The van der Waals surface area contributed by atoms with Gasteiger partial charge in [-0.15, -0.1) is 0 Å². The first-order chi connectivity index (χ1) is 7.69. The molecule has 0 saturated heterocycles. The van der Waals surface area contributed by atoms with E-state index in [2.05, 4.69) is 4.98 Å². The van der Waals surface area contributed by atoms with Crippen LogP contribution in [0.1, 0.15) is 23.1 Å². The first-order valence-electron chi connectivity index (χ1n) is 5.10. The Labute approximate surface area is 92.5 Å². The van der Waals surface area contributed by atoms with Crippen LogP contribution in [0.3, 0.4) is 0 Å². The lowest BCUT2D eigenvalue weighted by molar-refractivity contribution is 0.0679. The van der Waals surface area contributed by atoms with E-state index in [-0.39, 0.29) is 5.82 Å². The maximum atomic E-state index is 11.0. The van der Waals surface area contributed by atoms with Gasteiger partial charge in [0.05, 0.1) is 11.0 Å². The van der Waals surface area contributed by atoms with Crippen molar-refractivity contribution >= 4 is 17.0 Å². The number of nitrogens with two attached hydrogens (primary N) is 1. The predicted octanol–water partition coefficient (Wildman–Crippen LogP) is 1.21. The van der Waals surface area contributed by atoms with E-state index in [0.29, 0.717) is 18.6 Å². The second-order valence-electron chi connectivity index (χ2n) is 3.47. The summed E-state index contributed by atoms with van der Waals surface area (Å²) in [5.74, 6) is -0.945. The van der Waals surface area contributed by atoms with Crippen molar-refractivity contribution in [3.8, 4) is 0 Å². The van der Waals surface area contributed by atoms with Crippen molar-refractivity contribution in [3.05, 3.63) is 29.6 Å². The number of hydrogen-bond donors (Lipinski definition) is 2. The van der Waals surface area contributed by atoms with Crippen molar-refractivity contribution in [2.75, 3.05) is 0 Å². The molecule has 2 rings (SSSR count). The van der Waals surface area contributed by atoms with E-state index in [1.165, 1.54) is 0 Å². The highest BCUT2D eigenvalue weighted by Gasteiger charge is 2.16. The number of carboxylic acids is 1. The van der Waals surface area contributed by atoms with Crippen molar-refractivity contribution < 1.29 is 9.90 Å². The lowest BCUT2D eigenvalue weighted by Gasteiger charge is -2.02. The molecule has 0 aliphatic heterocycles. The van der Waals surface area contributed by atoms with Crippen LogP contribution in [0, 0.1) is 0 Å². The normalized spacial score (nSPS) is 10.9. The molecule has 5 nitrogen and oxygen atoms in total. The highest BCUT2D eigenvalue weighted by atomic mass is 16.4. The number of fused-ring (bicyclic) bond motifs is 1. The number of aryl methyl sites for hydroxylation is 1. The lowest BCUT2D eigenvalue weighted by Crippen LogP contribution is -2.08. The number of aromatic carboxylic acids is 1. The van der Waals surface area contributed by atoms with Gasteiger partial charge in [0.15, 0.2) is 0 Å². The van der Waals surface area contributed by atoms with Gasteiger partial charge in [-0.2, -0.15) is 0 Å². The van der Waals surface area contributed by atoms with E-state index >= 15 is 0 Å². The summed E-state index contributed by atoms with van der Waals surface area (Å²) < 4.78 is 1.68. The van der Waals surface area contributed by atoms with Crippen LogP contribution >= 0.6 is 0 Å². The number of rotatable bonds is 3. The van der Waals surface area contributed by atoms with E-state index in [1.54, 1.807) is 4.57 Å². The molecule has 3 N–H and O–H groups in total. The van der Waals surface area contributed by atoms with Gasteiger partial charge in [0.2, 0.25) is 5.82 Å². The van der Waals surface area contributed by atoms with Crippen LogP contribution in [-0.2, 0) is 13.1 Å².